The molecule has 98 valence electrons. The van der Waals surface area contributed by atoms with Crippen LogP contribution >= 0.6 is 0 Å². The van der Waals surface area contributed by atoms with Crippen LogP contribution in [0.2, 0.25) is 0 Å². The van der Waals surface area contributed by atoms with E-state index < -0.39 is 6.10 Å². The van der Waals surface area contributed by atoms with Crippen LogP contribution in [0, 0.1) is 0 Å². The lowest BCUT2D eigenvalue weighted by Gasteiger charge is -2.26. The lowest BCUT2D eigenvalue weighted by molar-refractivity contribution is -0.131. The van der Waals surface area contributed by atoms with Gasteiger partial charge in [-0.25, -0.2) is 0 Å². The van der Waals surface area contributed by atoms with Crippen LogP contribution in [0.5, 0.6) is 11.5 Å². The van der Waals surface area contributed by atoms with Crippen molar-refractivity contribution < 1.29 is 14.3 Å². The number of para-hydroxylation sites is 2. The molecule has 0 aliphatic carbocycles. The molecule has 1 aliphatic rings. The van der Waals surface area contributed by atoms with Crippen LogP contribution in [0.4, 0.5) is 0 Å². The van der Waals surface area contributed by atoms with Gasteiger partial charge in [-0.05, 0) is 25.5 Å². The van der Waals surface area contributed by atoms with Gasteiger partial charge in [-0.3, -0.25) is 4.79 Å². The molecular formula is C14H19NO3. The van der Waals surface area contributed by atoms with Gasteiger partial charge in [0.05, 0.1) is 0 Å². The average molecular weight is 249 g/mol. The van der Waals surface area contributed by atoms with E-state index in [1.54, 1.807) is 0 Å². The van der Waals surface area contributed by atoms with Gasteiger partial charge in [0.25, 0.3) is 5.91 Å². The summed E-state index contributed by atoms with van der Waals surface area (Å²) in [4.78, 5) is 12.0. The third kappa shape index (κ3) is 2.94. The van der Waals surface area contributed by atoms with Gasteiger partial charge in [-0.1, -0.05) is 25.5 Å². The first-order chi connectivity index (χ1) is 8.70. The number of nitrogens with one attached hydrogen (secondary N) is 1. The Labute approximate surface area is 107 Å². The lowest BCUT2D eigenvalue weighted by Crippen LogP contribution is -2.46. The van der Waals surface area contributed by atoms with E-state index in [4.69, 9.17) is 9.47 Å². The maximum atomic E-state index is 12.0. The average Bonchev–Trinajstić information content (AvgIpc) is 2.38. The van der Waals surface area contributed by atoms with E-state index in [2.05, 4.69) is 12.2 Å². The maximum Gasteiger partial charge on any atom is 0.264 e. The van der Waals surface area contributed by atoms with Crippen molar-refractivity contribution in [2.24, 2.45) is 0 Å². The lowest BCUT2D eigenvalue weighted by atomic mass is 10.2. The van der Waals surface area contributed by atoms with Crippen molar-refractivity contribution in [1.29, 1.82) is 0 Å². The molecule has 0 bridgehead atoms. The molecule has 0 fully saturated rings. The van der Waals surface area contributed by atoms with Crippen LogP contribution in [-0.2, 0) is 4.79 Å². The quantitative estimate of drug-likeness (QED) is 0.889. The van der Waals surface area contributed by atoms with Crippen molar-refractivity contribution in [2.45, 2.75) is 38.8 Å². The summed E-state index contributed by atoms with van der Waals surface area (Å²) in [5.74, 6) is 1.22. The molecule has 1 heterocycles. The number of amides is 1. The van der Waals surface area contributed by atoms with Crippen molar-refractivity contribution in [3.63, 3.8) is 0 Å². The van der Waals surface area contributed by atoms with Gasteiger partial charge < -0.3 is 14.8 Å². The molecule has 18 heavy (non-hydrogen) atoms. The molecule has 2 rings (SSSR count). The SMILES string of the molecule is CCC[C@H](C)NC(=O)[C@H]1COc2ccccc2O1. The number of carbonyl (C=O) groups is 1. The molecule has 0 saturated carbocycles. The standard InChI is InChI=1S/C14H19NO3/c1-3-6-10(2)15-14(16)13-9-17-11-7-4-5-8-12(11)18-13/h4-5,7-8,10,13H,3,6,9H2,1-2H3,(H,15,16)/t10-,13+/m0/s1. The number of hydrogen-bond acceptors (Lipinski definition) is 3. The zero-order chi connectivity index (χ0) is 13.0. The third-order valence-electron chi connectivity index (χ3n) is 2.91. The summed E-state index contributed by atoms with van der Waals surface area (Å²) >= 11 is 0. The minimum atomic E-state index is -0.556. The van der Waals surface area contributed by atoms with Crippen LogP contribution in [0.25, 0.3) is 0 Å². The predicted molar refractivity (Wildman–Crippen MR) is 68.9 cm³/mol. The smallest absolute Gasteiger partial charge is 0.264 e. The fourth-order valence-electron chi connectivity index (χ4n) is 1.99. The molecule has 0 radical (unpaired) electrons. The van der Waals surface area contributed by atoms with Crippen molar-refractivity contribution in [2.75, 3.05) is 6.61 Å². The van der Waals surface area contributed by atoms with E-state index in [-0.39, 0.29) is 18.6 Å². The molecule has 1 aromatic rings. The predicted octanol–water partition coefficient (Wildman–Crippen LogP) is 2.13. The molecule has 4 nitrogen and oxygen atoms in total. The molecule has 0 saturated heterocycles. The van der Waals surface area contributed by atoms with Crippen molar-refractivity contribution in [3.05, 3.63) is 24.3 Å². The summed E-state index contributed by atoms with van der Waals surface area (Å²) in [6.45, 7) is 4.36. The number of ether oxygens (including phenoxy) is 2. The normalized spacial score (nSPS) is 19.1. The van der Waals surface area contributed by atoms with E-state index in [9.17, 15) is 4.79 Å². The third-order valence-corrected chi connectivity index (χ3v) is 2.91. The Balaban J connectivity index is 1.94. The van der Waals surface area contributed by atoms with Gasteiger partial charge in [0.2, 0.25) is 6.10 Å². The molecule has 1 N–H and O–H groups in total. The minimum Gasteiger partial charge on any atom is -0.485 e. The van der Waals surface area contributed by atoms with Crippen LogP contribution in [-0.4, -0.2) is 24.7 Å². The number of fused-ring (bicyclic) bond motifs is 1. The highest BCUT2D eigenvalue weighted by Crippen LogP contribution is 2.30. The Bertz CT molecular complexity index is 419. The summed E-state index contributed by atoms with van der Waals surface area (Å²) < 4.78 is 11.1. The highest BCUT2D eigenvalue weighted by Gasteiger charge is 2.27. The van der Waals surface area contributed by atoms with Gasteiger partial charge >= 0.3 is 0 Å². The van der Waals surface area contributed by atoms with E-state index in [0.717, 1.165) is 12.8 Å². The number of hydrogen-bond donors (Lipinski definition) is 1. The second kappa shape index (κ2) is 5.76. The Hall–Kier alpha value is -1.71. The molecule has 0 unspecified atom stereocenters. The Kier molecular flexibility index (Phi) is 4.07. The van der Waals surface area contributed by atoms with Crippen LogP contribution in [0.15, 0.2) is 24.3 Å². The molecule has 0 aromatic heterocycles. The molecule has 1 aromatic carbocycles. The fraction of sp³-hybridized carbons (Fsp3) is 0.500. The Morgan fingerprint density at radius 2 is 2.17 bits per heavy atom. The van der Waals surface area contributed by atoms with E-state index in [0.29, 0.717) is 11.5 Å². The second-order valence-corrected chi connectivity index (χ2v) is 4.56. The maximum absolute atomic E-state index is 12.0. The van der Waals surface area contributed by atoms with Crippen LogP contribution in [0.3, 0.4) is 0 Å². The first-order valence-corrected chi connectivity index (χ1v) is 6.39. The van der Waals surface area contributed by atoms with Gasteiger partial charge in [0.1, 0.15) is 6.61 Å². The summed E-state index contributed by atoms with van der Waals surface area (Å²) in [5, 5.41) is 2.94. The molecule has 2 atom stereocenters. The molecule has 1 aliphatic heterocycles. The second-order valence-electron chi connectivity index (χ2n) is 4.56. The monoisotopic (exact) mass is 249 g/mol. The van der Waals surface area contributed by atoms with Gasteiger partial charge in [0.15, 0.2) is 11.5 Å². The highest BCUT2D eigenvalue weighted by atomic mass is 16.6. The number of carbonyl (C=O) groups excluding carboxylic acids is 1. The molecule has 1 amide bonds. The zero-order valence-electron chi connectivity index (χ0n) is 10.8. The largest absolute Gasteiger partial charge is 0.485 e. The van der Waals surface area contributed by atoms with E-state index in [1.165, 1.54) is 0 Å². The minimum absolute atomic E-state index is 0.106. The highest BCUT2D eigenvalue weighted by molar-refractivity contribution is 5.82. The Morgan fingerprint density at radius 1 is 1.44 bits per heavy atom. The fourth-order valence-corrected chi connectivity index (χ4v) is 1.99. The molecular weight excluding hydrogens is 230 g/mol. The molecule has 0 spiro atoms. The van der Waals surface area contributed by atoms with Crippen LogP contribution < -0.4 is 14.8 Å². The van der Waals surface area contributed by atoms with Crippen molar-refractivity contribution >= 4 is 5.91 Å². The summed E-state index contributed by atoms with van der Waals surface area (Å²) in [5.41, 5.74) is 0. The topological polar surface area (TPSA) is 47.6 Å². The first kappa shape index (κ1) is 12.7. The van der Waals surface area contributed by atoms with Gasteiger partial charge in [0, 0.05) is 6.04 Å². The summed E-state index contributed by atoms with van der Waals surface area (Å²) in [6.07, 6.45) is 1.46. The Morgan fingerprint density at radius 3 is 2.89 bits per heavy atom. The van der Waals surface area contributed by atoms with Crippen molar-refractivity contribution in [3.8, 4) is 11.5 Å². The first-order valence-electron chi connectivity index (χ1n) is 6.39. The summed E-state index contributed by atoms with van der Waals surface area (Å²) in [7, 11) is 0. The van der Waals surface area contributed by atoms with Gasteiger partial charge in [-0.15, -0.1) is 0 Å². The number of rotatable bonds is 4. The summed E-state index contributed by atoms with van der Waals surface area (Å²) in [6, 6.07) is 7.56. The van der Waals surface area contributed by atoms with E-state index >= 15 is 0 Å². The number of benzene rings is 1. The van der Waals surface area contributed by atoms with E-state index in [1.807, 2.05) is 31.2 Å². The van der Waals surface area contributed by atoms with Crippen LogP contribution in [0.1, 0.15) is 26.7 Å². The zero-order valence-corrected chi connectivity index (χ0v) is 10.8. The molecule has 4 heteroatoms. The van der Waals surface area contributed by atoms with Crippen molar-refractivity contribution in [1.82, 2.24) is 5.32 Å². The van der Waals surface area contributed by atoms with Gasteiger partial charge in [-0.2, -0.15) is 0 Å².